The van der Waals surface area contributed by atoms with Gasteiger partial charge in [-0.2, -0.15) is 10.2 Å². The monoisotopic (exact) mass is 316 g/mol. The largest absolute Gasteiger partial charge is 0.872 e. The molecule has 0 aliphatic carbocycles. The number of carbonyl (C=O) groups is 1. The van der Waals surface area contributed by atoms with Gasteiger partial charge in [0.05, 0.1) is 16.8 Å². The molecule has 120 valence electrons. The van der Waals surface area contributed by atoms with Gasteiger partial charge in [-0.05, 0) is 25.5 Å². The number of amides is 1. The van der Waals surface area contributed by atoms with Crippen LogP contribution in [0.3, 0.4) is 0 Å². The Hall–Kier alpha value is -3.23. The van der Waals surface area contributed by atoms with E-state index in [4.69, 9.17) is 0 Å². The second-order valence-electron chi connectivity index (χ2n) is 4.86. The van der Waals surface area contributed by atoms with E-state index >= 15 is 0 Å². The molecule has 1 heterocycles. The van der Waals surface area contributed by atoms with Crippen molar-refractivity contribution in [3.8, 4) is 5.75 Å². The van der Waals surface area contributed by atoms with Crippen LogP contribution in [-0.4, -0.2) is 26.8 Å². The zero-order valence-electron chi connectivity index (χ0n) is 12.5. The Bertz CT molecular complexity index is 781. The number of non-ortho nitro benzene ring substituents is 1. The summed E-state index contributed by atoms with van der Waals surface area (Å²) >= 11 is 0. The molecule has 0 spiro atoms. The van der Waals surface area contributed by atoms with Gasteiger partial charge in [-0.3, -0.25) is 19.6 Å². The minimum Gasteiger partial charge on any atom is -0.872 e. The van der Waals surface area contributed by atoms with Crippen molar-refractivity contribution in [1.29, 1.82) is 0 Å². The first-order valence-electron chi connectivity index (χ1n) is 6.65. The minimum absolute atomic E-state index is 0.0177. The summed E-state index contributed by atoms with van der Waals surface area (Å²) in [6, 6.07) is 5.13. The SMILES string of the molecule is Cc1cc(C)n(CC(=O)N/N=C\c2cc([N+](=O)[O-])ccc2[O-])n1. The molecule has 0 saturated heterocycles. The van der Waals surface area contributed by atoms with Gasteiger partial charge in [-0.15, -0.1) is 0 Å². The van der Waals surface area contributed by atoms with Gasteiger partial charge in [0.15, 0.2) is 0 Å². The van der Waals surface area contributed by atoms with E-state index in [1.807, 2.05) is 19.9 Å². The number of nitro benzene ring substituents is 1. The topological polar surface area (TPSA) is 125 Å². The molecule has 23 heavy (non-hydrogen) atoms. The van der Waals surface area contributed by atoms with Gasteiger partial charge < -0.3 is 5.11 Å². The van der Waals surface area contributed by atoms with E-state index in [1.54, 1.807) is 0 Å². The van der Waals surface area contributed by atoms with Crippen molar-refractivity contribution < 1.29 is 14.8 Å². The van der Waals surface area contributed by atoms with Crippen LogP contribution in [0.25, 0.3) is 0 Å². The molecule has 9 heteroatoms. The molecular formula is C14H14N5O4-. The van der Waals surface area contributed by atoms with Crippen molar-refractivity contribution >= 4 is 17.8 Å². The van der Waals surface area contributed by atoms with Crippen LogP contribution in [0.2, 0.25) is 0 Å². The van der Waals surface area contributed by atoms with Crippen LogP contribution < -0.4 is 10.5 Å². The fraction of sp³-hybridized carbons (Fsp3) is 0.214. The number of hydrogen-bond acceptors (Lipinski definition) is 6. The number of aromatic nitrogens is 2. The molecule has 1 N–H and O–H groups in total. The third-order valence-electron chi connectivity index (χ3n) is 2.99. The molecule has 2 rings (SSSR count). The van der Waals surface area contributed by atoms with Crippen LogP contribution in [-0.2, 0) is 11.3 Å². The summed E-state index contributed by atoms with van der Waals surface area (Å²) in [5.74, 6) is -0.850. The summed E-state index contributed by atoms with van der Waals surface area (Å²) in [7, 11) is 0. The number of rotatable bonds is 5. The number of nitrogens with one attached hydrogen (secondary N) is 1. The fourth-order valence-corrected chi connectivity index (χ4v) is 1.93. The number of hydrogen-bond donors (Lipinski definition) is 1. The maximum Gasteiger partial charge on any atom is 0.270 e. The van der Waals surface area contributed by atoms with Crippen molar-refractivity contribution in [3.05, 3.63) is 51.3 Å². The van der Waals surface area contributed by atoms with E-state index < -0.39 is 16.6 Å². The van der Waals surface area contributed by atoms with E-state index in [-0.39, 0.29) is 17.8 Å². The van der Waals surface area contributed by atoms with Crippen molar-refractivity contribution in [2.24, 2.45) is 5.10 Å². The first-order chi connectivity index (χ1) is 10.9. The van der Waals surface area contributed by atoms with Crippen LogP contribution in [0.15, 0.2) is 29.4 Å². The number of nitro groups is 1. The highest BCUT2D eigenvalue weighted by Crippen LogP contribution is 2.18. The predicted octanol–water partition coefficient (Wildman–Crippen LogP) is 0.632. The Morgan fingerprint density at radius 2 is 2.17 bits per heavy atom. The summed E-state index contributed by atoms with van der Waals surface area (Å²) < 4.78 is 1.52. The highest BCUT2D eigenvalue weighted by molar-refractivity contribution is 5.85. The second kappa shape index (κ2) is 6.69. The minimum atomic E-state index is -0.613. The molecule has 0 bridgehead atoms. The molecule has 0 saturated carbocycles. The van der Waals surface area contributed by atoms with Crippen molar-refractivity contribution in [1.82, 2.24) is 15.2 Å². The van der Waals surface area contributed by atoms with Crippen LogP contribution in [0.4, 0.5) is 5.69 Å². The van der Waals surface area contributed by atoms with E-state index in [0.717, 1.165) is 35.8 Å². The first kappa shape index (κ1) is 16.1. The number of carbonyl (C=O) groups excluding carboxylic acids is 1. The zero-order valence-corrected chi connectivity index (χ0v) is 12.5. The molecule has 2 aromatic rings. The molecule has 9 nitrogen and oxygen atoms in total. The average Bonchev–Trinajstić information content (AvgIpc) is 2.78. The standard InChI is InChI=1S/C14H15N5O4/c1-9-5-10(2)18(17-9)8-14(21)16-15-7-11-6-12(19(22)23)3-4-13(11)20/h3-7,20H,8H2,1-2H3,(H,16,21)/p-1/b15-7-. The Morgan fingerprint density at radius 1 is 1.43 bits per heavy atom. The van der Waals surface area contributed by atoms with Crippen LogP contribution in [0.1, 0.15) is 17.0 Å². The van der Waals surface area contributed by atoms with E-state index in [2.05, 4.69) is 15.6 Å². The van der Waals surface area contributed by atoms with Gasteiger partial charge >= 0.3 is 0 Å². The van der Waals surface area contributed by atoms with Crippen molar-refractivity contribution in [2.45, 2.75) is 20.4 Å². The molecular weight excluding hydrogens is 302 g/mol. The molecule has 1 aromatic carbocycles. The Kier molecular flexibility index (Phi) is 4.69. The number of nitrogens with zero attached hydrogens (tertiary/aromatic N) is 4. The second-order valence-corrected chi connectivity index (χ2v) is 4.86. The third kappa shape index (κ3) is 4.13. The number of hydrazone groups is 1. The van der Waals surface area contributed by atoms with Gasteiger partial charge in [0.2, 0.25) is 0 Å². The fourth-order valence-electron chi connectivity index (χ4n) is 1.93. The van der Waals surface area contributed by atoms with Gasteiger partial charge in [0, 0.05) is 17.8 Å². The summed E-state index contributed by atoms with van der Waals surface area (Å²) in [4.78, 5) is 21.8. The molecule has 0 aliphatic rings. The van der Waals surface area contributed by atoms with Gasteiger partial charge in [0.25, 0.3) is 11.6 Å². The lowest BCUT2D eigenvalue weighted by Gasteiger charge is -2.08. The van der Waals surface area contributed by atoms with E-state index in [9.17, 15) is 20.0 Å². The van der Waals surface area contributed by atoms with Crippen LogP contribution in [0, 0.1) is 24.0 Å². The van der Waals surface area contributed by atoms with Crippen molar-refractivity contribution in [2.75, 3.05) is 0 Å². The highest BCUT2D eigenvalue weighted by atomic mass is 16.6. The normalized spacial score (nSPS) is 10.9. The summed E-state index contributed by atoms with van der Waals surface area (Å²) in [6.45, 7) is 3.62. The Morgan fingerprint density at radius 3 is 2.78 bits per heavy atom. The Balaban J connectivity index is 2.01. The van der Waals surface area contributed by atoms with Crippen LogP contribution >= 0.6 is 0 Å². The quantitative estimate of drug-likeness (QED) is 0.492. The lowest BCUT2D eigenvalue weighted by molar-refractivity contribution is -0.385. The Labute approximate surface area is 131 Å². The maximum absolute atomic E-state index is 11.8. The molecule has 0 atom stereocenters. The zero-order chi connectivity index (χ0) is 17.0. The molecule has 0 radical (unpaired) electrons. The average molecular weight is 316 g/mol. The molecule has 1 aromatic heterocycles. The molecule has 0 fully saturated rings. The molecule has 0 aliphatic heterocycles. The summed E-state index contributed by atoms with van der Waals surface area (Å²) in [5.41, 5.74) is 3.68. The van der Waals surface area contributed by atoms with Crippen molar-refractivity contribution in [3.63, 3.8) is 0 Å². The lowest BCUT2D eigenvalue weighted by atomic mass is 10.2. The summed E-state index contributed by atoms with van der Waals surface area (Å²) in [5, 5.41) is 30.0. The maximum atomic E-state index is 11.8. The lowest BCUT2D eigenvalue weighted by Crippen LogP contribution is -2.24. The highest BCUT2D eigenvalue weighted by Gasteiger charge is 2.07. The van der Waals surface area contributed by atoms with E-state index in [0.29, 0.717) is 0 Å². The molecule has 0 unspecified atom stereocenters. The number of benzene rings is 1. The van der Waals surface area contributed by atoms with Crippen LogP contribution in [0.5, 0.6) is 5.75 Å². The van der Waals surface area contributed by atoms with E-state index in [1.165, 1.54) is 4.68 Å². The summed E-state index contributed by atoms with van der Waals surface area (Å²) in [6.07, 6.45) is 1.08. The smallest absolute Gasteiger partial charge is 0.270 e. The molecule has 1 amide bonds. The van der Waals surface area contributed by atoms with Gasteiger partial charge in [0.1, 0.15) is 6.54 Å². The number of aryl methyl sites for hydroxylation is 2. The third-order valence-corrected chi connectivity index (χ3v) is 2.99. The van der Waals surface area contributed by atoms with Gasteiger partial charge in [-0.25, -0.2) is 5.43 Å². The first-order valence-corrected chi connectivity index (χ1v) is 6.65. The predicted molar refractivity (Wildman–Crippen MR) is 80.0 cm³/mol. The van der Waals surface area contributed by atoms with Gasteiger partial charge in [-0.1, -0.05) is 11.8 Å².